The number of carbonyl (C=O) groups is 2. The highest BCUT2D eigenvalue weighted by atomic mass is 35.5. The molecule has 54 heavy (non-hydrogen) atoms. The van der Waals surface area contributed by atoms with Gasteiger partial charge >= 0.3 is 0 Å². The minimum atomic E-state index is -4.61. The number of fused-ring (bicyclic) bond motifs is 1. The average molecular weight is 771 g/mol. The summed E-state index contributed by atoms with van der Waals surface area (Å²) in [6.07, 6.45) is 0.808. The highest BCUT2D eigenvalue weighted by Gasteiger charge is 2.41. The van der Waals surface area contributed by atoms with Crippen molar-refractivity contribution in [3.05, 3.63) is 129 Å². The van der Waals surface area contributed by atoms with Crippen LogP contribution >= 0.6 is 11.6 Å². The van der Waals surface area contributed by atoms with Crippen molar-refractivity contribution >= 4 is 49.8 Å². The molecule has 0 bridgehead atoms. The quantitative estimate of drug-likeness (QED) is 0.116. The van der Waals surface area contributed by atoms with Crippen LogP contribution in [0.1, 0.15) is 89.9 Å². The summed E-state index contributed by atoms with van der Waals surface area (Å²) in [7, 11) is -4.61. The SMILES string of the molecule is CCC(Oc1ccc(C(C)(C)CC)cc1C(C)(C)CC)C(=O)Nn1c(C(C(=O)Nc2ccccc2Cl)S(=O)(=O)c2ccccc2)nc2ccccc2c1=O. The third kappa shape index (κ3) is 8.22. The lowest BCUT2D eigenvalue weighted by atomic mass is 9.76. The van der Waals surface area contributed by atoms with Crippen molar-refractivity contribution in [3.63, 3.8) is 0 Å². The standard InChI is InChI=1S/C42H47ClN4O6S/c1-8-34(53-35-25-24-27(41(4,5)9-2)26-30(35)42(6,7)10-3)38(48)46-47-37(44-32-22-16-14-20-29(32)40(47)50)36(54(51,52)28-18-12-11-13-19-28)39(49)45-33-23-17-15-21-31(33)43/h11-26,34,36H,8-10H2,1-7H3,(H,45,49)(H,46,48). The van der Waals surface area contributed by atoms with Gasteiger partial charge in [0.05, 0.1) is 26.5 Å². The molecule has 12 heteroatoms. The second kappa shape index (κ2) is 16.2. The monoisotopic (exact) mass is 770 g/mol. The predicted octanol–water partition coefficient (Wildman–Crippen LogP) is 8.51. The van der Waals surface area contributed by atoms with Crippen LogP contribution in [0.4, 0.5) is 5.69 Å². The molecule has 0 fully saturated rings. The van der Waals surface area contributed by atoms with Gasteiger partial charge in [0, 0.05) is 5.56 Å². The largest absolute Gasteiger partial charge is 0.480 e. The van der Waals surface area contributed by atoms with Crippen LogP contribution in [-0.4, -0.2) is 36.0 Å². The Labute approximate surface area is 321 Å². The minimum absolute atomic E-state index is 0.0892. The van der Waals surface area contributed by atoms with E-state index in [0.717, 1.165) is 28.6 Å². The number of carbonyl (C=O) groups excluding carboxylic acids is 2. The maximum Gasteiger partial charge on any atom is 0.280 e. The van der Waals surface area contributed by atoms with Gasteiger partial charge in [-0.2, -0.15) is 0 Å². The Morgan fingerprint density at radius 2 is 1.46 bits per heavy atom. The average Bonchev–Trinajstić information content (AvgIpc) is 3.16. The van der Waals surface area contributed by atoms with Gasteiger partial charge in [-0.15, -0.1) is 0 Å². The Morgan fingerprint density at radius 3 is 2.11 bits per heavy atom. The second-order valence-electron chi connectivity index (χ2n) is 14.5. The first-order valence-corrected chi connectivity index (χ1v) is 20.0. The lowest BCUT2D eigenvalue weighted by molar-refractivity contribution is -0.124. The number of amides is 2. The molecule has 5 rings (SSSR count). The molecule has 2 unspecified atom stereocenters. The van der Waals surface area contributed by atoms with Crippen LogP contribution in [0.15, 0.2) is 107 Å². The number of sulfone groups is 1. The number of nitrogens with zero attached hydrogens (tertiary/aromatic N) is 2. The zero-order chi connectivity index (χ0) is 39.4. The van der Waals surface area contributed by atoms with E-state index in [-0.39, 0.29) is 43.8 Å². The zero-order valence-corrected chi connectivity index (χ0v) is 33.2. The molecule has 284 valence electrons. The van der Waals surface area contributed by atoms with Gasteiger partial charge in [-0.05, 0) is 78.1 Å². The molecule has 0 spiro atoms. The Morgan fingerprint density at radius 1 is 0.833 bits per heavy atom. The number of benzene rings is 4. The van der Waals surface area contributed by atoms with Crippen molar-refractivity contribution in [2.24, 2.45) is 0 Å². The maximum absolute atomic E-state index is 14.5. The van der Waals surface area contributed by atoms with Crippen molar-refractivity contribution in [1.29, 1.82) is 0 Å². The molecule has 0 aliphatic heterocycles. The van der Waals surface area contributed by atoms with Gasteiger partial charge in [-0.25, -0.2) is 18.1 Å². The lowest BCUT2D eigenvalue weighted by Gasteiger charge is -2.31. The van der Waals surface area contributed by atoms with Crippen molar-refractivity contribution < 1.29 is 22.7 Å². The molecule has 2 N–H and O–H groups in total. The van der Waals surface area contributed by atoms with Crippen LogP contribution in [0.5, 0.6) is 5.75 Å². The number of ether oxygens (including phenoxy) is 1. The van der Waals surface area contributed by atoms with Crippen LogP contribution in [0, 0.1) is 0 Å². The van der Waals surface area contributed by atoms with Crippen LogP contribution < -0.4 is 21.0 Å². The van der Waals surface area contributed by atoms with Crippen LogP contribution in [-0.2, 0) is 30.3 Å². The van der Waals surface area contributed by atoms with Crippen LogP contribution in [0.2, 0.25) is 5.02 Å². The summed E-state index contributed by atoms with van der Waals surface area (Å²) >= 11 is 6.35. The molecule has 10 nitrogen and oxygen atoms in total. The normalized spacial score (nSPS) is 13.3. The van der Waals surface area contributed by atoms with Gasteiger partial charge in [-0.1, -0.05) is 115 Å². The topological polar surface area (TPSA) is 136 Å². The Kier molecular flexibility index (Phi) is 12.0. The highest BCUT2D eigenvalue weighted by molar-refractivity contribution is 7.92. The zero-order valence-electron chi connectivity index (χ0n) is 31.6. The van der Waals surface area contributed by atoms with E-state index >= 15 is 0 Å². The van der Waals surface area contributed by atoms with E-state index in [1.54, 1.807) is 43.3 Å². The summed E-state index contributed by atoms with van der Waals surface area (Å²) < 4.78 is 36.1. The third-order valence-corrected chi connectivity index (χ3v) is 12.5. The van der Waals surface area contributed by atoms with Gasteiger partial charge in [0.1, 0.15) is 5.75 Å². The number of rotatable bonds is 14. The van der Waals surface area contributed by atoms with E-state index in [0.29, 0.717) is 5.75 Å². The van der Waals surface area contributed by atoms with Gasteiger partial charge in [0.2, 0.25) is 5.25 Å². The van der Waals surface area contributed by atoms with E-state index in [1.807, 2.05) is 12.1 Å². The van der Waals surface area contributed by atoms with E-state index < -0.39 is 44.4 Å². The van der Waals surface area contributed by atoms with Crippen molar-refractivity contribution in [2.45, 2.75) is 94.8 Å². The molecule has 4 aromatic carbocycles. The number of para-hydroxylation sites is 2. The fourth-order valence-electron chi connectivity index (χ4n) is 5.97. The smallest absolute Gasteiger partial charge is 0.280 e. The van der Waals surface area contributed by atoms with Gasteiger partial charge in [-0.3, -0.25) is 19.8 Å². The Balaban J connectivity index is 1.64. The number of halogens is 1. The first-order chi connectivity index (χ1) is 25.5. The van der Waals surface area contributed by atoms with Gasteiger partial charge in [0.15, 0.2) is 21.8 Å². The highest BCUT2D eigenvalue weighted by Crippen LogP contribution is 2.39. The molecule has 0 aliphatic rings. The Hall–Kier alpha value is -5.00. The number of anilines is 1. The third-order valence-electron chi connectivity index (χ3n) is 10.2. The summed E-state index contributed by atoms with van der Waals surface area (Å²) in [6, 6.07) is 26.0. The second-order valence-corrected chi connectivity index (χ2v) is 17.0. The summed E-state index contributed by atoms with van der Waals surface area (Å²) in [5.74, 6) is -1.78. The van der Waals surface area contributed by atoms with Gasteiger partial charge in [0.25, 0.3) is 17.4 Å². The molecular formula is C42H47ClN4O6S. The number of nitrogens with one attached hydrogen (secondary N) is 2. The van der Waals surface area contributed by atoms with Gasteiger partial charge < -0.3 is 10.1 Å². The molecule has 1 heterocycles. The molecule has 0 saturated carbocycles. The van der Waals surface area contributed by atoms with Crippen molar-refractivity contribution in [1.82, 2.24) is 9.66 Å². The number of hydrogen-bond donors (Lipinski definition) is 2. The molecule has 2 amide bonds. The Bertz CT molecular complexity index is 2340. The summed E-state index contributed by atoms with van der Waals surface area (Å²) in [5.41, 5.74) is 3.79. The van der Waals surface area contributed by atoms with E-state index in [9.17, 15) is 22.8 Å². The molecule has 0 radical (unpaired) electrons. The first kappa shape index (κ1) is 40.2. The van der Waals surface area contributed by atoms with E-state index in [1.165, 1.54) is 42.5 Å². The lowest BCUT2D eigenvalue weighted by Crippen LogP contribution is -2.45. The first-order valence-electron chi connectivity index (χ1n) is 18.0. The fourth-order valence-corrected chi connectivity index (χ4v) is 7.74. The van der Waals surface area contributed by atoms with Crippen LogP contribution in [0.25, 0.3) is 10.9 Å². The minimum Gasteiger partial charge on any atom is -0.480 e. The summed E-state index contributed by atoms with van der Waals surface area (Å²) in [4.78, 5) is 47.1. The van der Waals surface area contributed by atoms with Crippen LogP contribution in [0.3, 0.4) is 0 Å². The predicted molar refractivity (Wildman–Crippen MR) is 215 cm³/mol. The fraction of sp³-hybridized carbons (Fsp3) is 0.333. The molecule has 5 aromatic rings. The molecule has 0 aliphatic carbocycles. The van der Waals surface area contributed by atoms with E-state index in [2.05, 4.69) is 63.3 Å². The van der Waals surface area contributed by atoms with Crippen molar-refractivity contribution in [3.8, 4) is 5.75 Å². The van der Waals surface area contributed by atoms with Crippen molar-refractivity contribution in [2.75, 3.05) is 10.7 Å². The molecular weight excluding hydrogens is 724 g/mol. The number of hydrogen-bond acceptors (Lipinski definition) is 7. The maximum atomic E-state index is 14.5. The van der Waals surface area contributed by atoms with E-state index in [4.69, 9.17) is 16.3 Å². The molecule has 0 saturated heterocycles. The molecule has 2 atom stereocenters. The molecule has 1 aromatic heterocycles. The number of aromatic nitrogens is 2. The summed E-state index contributed by atoms with van der Waals surface area (Å²) in [6.45, 7) is 14.6. The summed E-state index contributed by atoms with van der Waals surface area (Å²) in [5, 5.41) is 0.753.